The first-order chi connectivity index (χ1) is 16.0. The number of hydrogen-bond acceptors (Lipinski definition) is 4. The zero-order valence-corrected chi connectivity index (χ0v) is 27.3. The van der Waals surface area contributed by atoms with E-state index in [1.54, 1.807) is 16.7 Å². The van der Waals surface area contributed by atoms with Crippen molar-refractivity contribution in [1.29, 1.82) is 0 Å². The van der Waals surface area contributed by atoms with Gasteiger partial charge in [0.05, 0.1) is 0 Å². The first kappa shape index (κ1) is 30.8. The van der Waals surface area contributed by atoms with Gasteiger partial charge >= 0.3 is 219 Å². The number of allylic oxidation sites excluding steroid dienone is 2. The molecular weight excluding hydrogens is 566 g/mol. The molecular formula is C29H40Cl2N4Zr. The summed E-state index contributed by atoms with van der Waals surface area (Å²) in [6.07, 6.45) is 7.47. The monoisotopic (exact) mass is 604 g/mol. The summed E-state index contributed by atoms with van der Waals surface area (Å²) < 4.78 is 1.14. The normalized spacial score (nSPS) is 16.9. The molecule has 4 nitrogen and oxygen atoms in total. The number of nitrogens with zero attached hydrogens (tertiary/aromatic N) is 4. The van der Waals surface area contributed by atoms with Crippen LogP contribution in [-0.4, -0.2) is 56.4 Å². The largest absolute Gasteiger partial charge is 1.00 e. The Kier molecular flexibility index (Phi) is 10.2. The van der Waals surface area contributed by atoms with Crippen molar-refractivity contribution in [2.75, 3.05) is 76.0 Å². The van der Waals surface area contributed by atoms with Gasteiger partial charge in [0.15, 0.2) is 0 Å². The van der Waals surface area contributed by atoms with Gasteiger partial charge in [-0.05, 0) is 0 Å². The van der Waals surface area contributed by atoms with E-state index in [1.165, 1.54) is 33.9 Å². The average Bonchev–Trinajstić information content (AvgIpc) is 3.34. The van der Waals surface area contributed by atoms with E-state index in [4.69, 9.17) is 0 Å². The Bertz CT molecular complexity index is 1150. The van der Waals surface area contributed by atoms with Crippen molar-refractivity contribution >= 4 is 34.9 Å². The van der Waals surface area contributed by atoms with E-state index < -0.39 is 23.2 Å². The molecule has 2 aromatic carbocycles. The van der Waals surface area contributed by atoms with E-state index in [-0.39, 0.29) is 24.8 Å². The van der Waals surface area contributed by atoms with Crippen LogP contribution in [0.15, 0.2) is 35.9 Å². The maximum atomic E-state index is 2.54. The van der Waals surface area contributed by atoms with Gasteiger partial charge in [-0.1, -0.05) is 0 Å². The van der Waals surface area contributed by atoms with Crippen molar-refractivity contribution in [3.63, 3.8) is 0 Å². The molecule has 2 unspecified atom stereocenters. The van der Waals surface area contributed by atoms with Gasteiger partial charge in [-0.25, -0.2) is 0 Å². The molecule has 0 saturated heterocycles. The topological polar surface area (TPSA) is 13.0 Å². The minimum atomic E-state index is -0.951. The zero-order valence-electron chi connectivity index (χ0n) is 23.3. The summed E-state index contributed by atoms with van der Waals surface area (Å²) >= 11 is -0.951. The van der Waals surface area contributed by atoms with Crippen LogP contribution in [0.25, 0.3) is 12.2 Å². The van der Waals surface area contributed by atoms with Gasteiger partial charge in [0, 0.05) is 0 Å². The van der Waals surface area contributed by atoms with Crippen LogP contribution >= 0.6 is 0 Å². The summed E-state index contributed by atoms with van der Waals surface area (Å²) in [6, 6.07) is 9.24. The minimum Gasteiger partial charge on any atom is -1.00 e. The van der Waals surface area contributed by atoms with Crippen molar-refractivity contribution in [1.82, 2.24) is 0 Å². The molecule has 0 spiro atoms. The van der Waals surface area contributed by atoms with Gasteiger partial charge in [0.2, 0.25) is 0 Å². The Morgan fingerprint density at radius 3 is 1.56 bits per heavy atom. The summed E-state index contributed by atoms with van der Waals surface area (Å²) in [7, 11) is 17.4. The van der Waals surface area contributed by atoms with E-state index >= 15 is 0 Å². The van der Waals surface area contributed by atoms with Crippen molar-refractivity contribution in [3.05, 3.63) is 58.2 Å². The van der Waals surface area contributed by atoms with Crippen LogP contribution in [0.5, 0.6) is 0 Å². The van der Waals surface area contributed by atoms with E-state index in [1.807, 2.05) is 0 Å². The number of halogens is 2. The van der Waals surface area contributed by atoms with E-state index in [2.05, 4.69) is 132 Å². The Labute approximate surface area is 242 Å². The average molecular weight is 607 g/mol. The van der Waals surface area contributed by atoms with Gasteiger partial charge in [0.25, 0.3) is 0 Å². The molecule has 194 valence electrons. The number of hydrogen-bond donors (Lipinski definition) is 0. The number of fused-ring (bicyclic) bond motifs is 2. The van der Waals surface area contributed by atoms with Gasteiger partial charge < -0.3 is 24.8 Å². The van der Waals surface area contributed by atoms with Gasteiger partial charge in [-0.15, -0.1) is 0 Å². The Balaban J connectivity index is 0.00000228. The second kappa shape index (κ2) is 12.0. The Hall–Kier alpha value is -1.42. The first-order valence-corrected chi connectivity index (χ1v) is 15.1. The van der Waals surface area contributed by atoms with E-state index in [0.29, 0.717) is 13.2 Å². The van der Waals surface area contributed by atoms with Gasteiger partial charge in [-0.3, -0.25) is 0 Å². The number of rotatable bonds is 7. The Morgan fingerprint density at radius 1 is 0.639 bits per heavy atom. The molecule has 36 heavy (non-hydrogen) atoms. The standard InChI is InChI=1S/C16H23N2.C13H17N2.2ClH.Zr/c1-11(2)12-9-13-14(10-12)16(18(5)6)8-7-15(13)17(3)4;1-14(2)12-8-9-13(15(3)4)11-7-5-6-10(11)12;;;/h7-11H,1-6H3;5-9H,1-4H3;2*1H;/q;;;;+2/p-2. The van der Waals surface area contributed by atoms with Crippen molar-refractivity contribution in [2.45, 2.75) is 21.1 Å². The molecule has 2 aliphatic rings. The van der Waals surface area contributed by atoms with E-state index in [9.17, 15) is 0 Å². The maximum absolute atomic E-state index is 2.54. The third-order valence-corrected chi connectivity index (χ3v) is 11.5. The number of anilines is 4. The molecule has 0 aromatic heterocycles. The molecule has 2 atom stereocenters. The molecule has 0 fully saturated rings. The van der Waals surface area contributed by atoms with Crippen molar-refractivity contribution in [2.24, 2.45) is 5.92 Å². The molecule has 4 rings (SSSR count). The van der Waals surface area contributed by atoms with Crippen LogP contribution in [-0.2, 0) is 23.2 Å². The molecule has 2 aliphatic carbocycles. The first-order valence-electron chi connectivity index (χ1n) is 12.2. The second-order valence-electron chi connectivity index (χ2n) is 10.7. The summed E-state index contributed by atoms with van der Waals surface area (Å²) in [5.74, 6) is 0.551. The smallest absolute Gasteiger partial charge is 1.00 e. The summed E-state index contributed by atoms with van der Waals surface area (Å²) in [6.45, 7) is 4.76. The molecule has 0 N–H and O–H groups in total. The van der Waals surface area contributed by atoms with Crippen LogP contribution < -0.4 is 44.4 Å². The fraction of sp³-hybridized carbons (Fsp3) is 0.448. The molecule has 0 aliphatic heterocycles. The van der Waals surface area contributed by atoms with Crippen LogP contribution in [0, 0.1) is 5.92 Å². The maximum Gasteiger partial charge on any atom is -1.00 e. The third kappa shape index (κ3) is 5.40. The van der Waals surface area contributed by atoms with Crippen molar-refractivity contribution in [3.8, 4) is 0 Å². The SMILES string of the molecule is CC(C)C1=Cc2c(N(C)C)ccc(N(C)C)c2[CH]1[Zr+2][CH]1C=Cc2c(N(C)C)ccc(N(C)C)c21.[Cl-].[Cl-]. The number of benzene rings is 2. The second-order valence-corrected chi connectivity index (χ2v) is 14.4. The quantitative estimate of drug-likeness (QED) is 0.437. The van der Waals surface area contributed by atoms with Gasteiger partial charge in [0.1, 0.15) is 0 Å². The fourth-order valence-electron chi connectivity index (χ4n) is 5.45. The molecule has 0 bridgehead atoms. The summed E-state index contributed by atoms with van der Waals surface area (Å²) in [5, 5.41) is 0. The molecule has 0 saturated carbocycles. The predicted octanol–water partition coefficient (Wildman–Crippen LogP) is -0.0967. The molecule has 0 heterocycles. The molecule has 7 heteroatoms. The molecule has 2 aromatic rings. The predicted molar refractivity (Wildman–Crippen MR) is 148 cm³/mol. The summed E-state index contributed by atoms with van der Waals surface area (Å²) in [5.41, 5.74) is 13.1. The van der Waals surface area contributed by atoms with Crippen LogP contribution in [0.2, 0.25) is 0 Å². The van der Waals surface area contributed by atoms with Crippen LogP contribution in [0.4, 0.5) is 22.7 Å². The van der Waals surface area contributed by atoms with E-state index in [0.717, 1.165) is 0 Å². The molecule has 0 radical (unpaired) electrons. The minimum absolute atomic E-state index is 0. The van der Waals surface area contributed by atoms with Crippen molar-refractivity contribution < 1.29 is 48.0 Å². The Morgan fingerprint density at radius 2 is 1.08 bits per heavy atom. The van der Waals surface area contributed by atoms with Crippen LogP contribution in [0.1, 0.15) is 43.4 Å². The zero-order chi connectivity index (χ0) is 24.9. The van der Waals surface area contributed by atoms with Crippen LogP contribution in [0.3, 0.4) is 0 Å². The third-order valence-electron chi connectivity index (χ3n) is 7.12. The van der Waals surface area contributed by atoms with Gasteiger partial charge in [-0.2, -0.15) is 0 Å². The molecule has 0 amide bonds. The summed E-state index contributed by atoms with van der Waals surface area (Å²) in [4.78, 5) is 9.15. The fourth-order valence-corrected chi connectivity index (χ4v) is 10.6.